The second kappa shape index (κ2) is 10.2. The Morgan fingerprint density at radius 1 is 0.833 bits per heavy atom. The first-order chi connectivity index (χ1) is 17.5. The second-order valence-corrected chi connectivity index (χ2v) is 9.09. The summed E-state index contributed by atoms with van der Waals surface area (Å²) in [4.78, 5) is 44.6. The molecule has 0 bridgehead atoms. The Morgan fingerprint density at radius 3 is 2.33 bits per heavy atom. The molecular weight excluding hydrogens is 454 g/mol. The summed E-state index contributed by atoms with van der Waals surface area (Å²) >= 11 is 0. The van der Waals surface area contributed by atoms with E-state index in [0.29, 0.717) is 49.3 Å². The predicted molar refractivity (Wildman–Crippen MR) is 138 cm³/mol. The van der Waals surface area contributed by atoms with E-state index >= 15 is 0 Å². The number of imide groups is 1. The Hall–Kier alpha value is -4.13. The molecule has 36 heavy (non-hydrogen) atoms. The zero-order valence-corrected chi connectivity index (χ0v) is 20.4. The van der Waals surface area contributed by atoms with Crippen molar-refractivity contribution in [3.05, 3.63) is 95.1 Å². The lowest BCUT2D eigenvalue weighted by molar-refractivity contribution is 0.0655. The maximum Gasteiger partial charge on any atom is 0.261 e. The topological polar surface area (TPSA) is 70.2 Å². The minimum absolute atomic E-state index is 0.114. The van der Waals surface area contributed by atoms with Crippen molar-refractivity contribution in [2.45, 2.75) is 12.8 Å². The number of carbonyl (C=O) groups is 3. The fourth-order valence-corrected chi connectivity index (χ4v) is 4.87. The van der Waals surface area contributed by atoms with E-state index in [2.05, 4.69) is 4.90 Å². The number of rotatable bonds is 6. The van der Waals surface area contributed by atoms with Crippen LogP contribution in [0.15, 0.2) is 72.8 Å². The number of benzene rings is 3. The molecule has 3 aromatic carbocycles. The van der Waals surface area contributed by atoms with Gasteiger partial charge in [0.05, 0.1) is 18.2 Å². The van der Waals surface area contributed by atoms with E-state index in [1.165, 1.54) is 4.90 Å². The highest BCUT2D eigenvalue weighted by Gasteiger charge is 2.36. The van der Waals surface area contributed by atoms with Gasteiger partial charge in [0.1, 0.15) is 5.75 Å². The lowest BCUT2D eigenvalue weighted by Crippen LogP contribution is -2.35. The summed E-state index contributed by atoms with van der Waals surface area (Å²) in [5.74, 6) is 0.0722. The van der Waals surface area contributed by atoms with Crippen molar-refractivity contribution in [1.82, 2.24) is 9.80 Å². The smallest absolute Gasteiger partial charge is 0.261 e. The molecule has 0 radical (unpaired) electrons. The van der Waals surface area contributed by atoms with Gasteiger partial charge in [0.25, 0.3) is 17.7 Å². The Kier molecular flexibility index (Phi) is 6.71. The van der Waals surface area contributed by atoms with E-state index < -0.39 is 0 Å². The average Bonchev–Trinajstić information content (AvgIpc) is 3.07. The van der Waals surface area contributed by atoms with Gasteiger partial charge in [-0.1, -0.05) is 30.3 Å². The number of nitrogens with zero attached hydrogens (tertiary/aromatic N) is 3. The molecule has 1 saturated heterocycles. The lowest BCUT2D eigenvalue weighted by atomic mass is 10.0. The minimum atomic E-state index is -0.331. The van der Waals surface area contributed by atoms with Crippen molar-refractivity contribution in [2.24, 2.45) is 0 Å². The molecule has 1 fully saturated rings. The van der Waals surface area contributed by atoms with Crippen LogP contribution in [-0.2, 0) is 6.42 Å². The van der Waals surface area contributed by atoms with E-state index in [-0.39, 0.29) is 17.7 Å². The third-order valence-electron chi connectivity index (χ3n) is 6.91. The van der Waals surface area contributed by atoms with E-state index in [1.807, 2.05) is 59.5 Å². The zero-order valence-electron chi connectivity index (χ0n) is 20.4. The highest BCUT2D eigenvalue weighted by Crippen LogP contribution is 2.26. The largest absolute Gasteiger partial charge is 0.497 e. The van der Waals surface area contributed by atoms with Gasteiger partial charge in [0, 0.05) is 44.0 Å². The molecule has 2 aliphatic rings. The molecule has 0 aliphatic carbocycles. The van der Waals surface area contributed by atoms with Gasteiger partial charge in [-0.3, -0.25) is 19.3 Å². The first-order valence-electron chi connectivity index (χ1n) is 12.3. The number of methoxy groups -OCH3 is 1. The zero-order chi connectivity index (χ0) is 25.1. The monoisotopic (exact) mass is 483 g/mol. The number of fused-ring (bicyclic) bond motifs is 1. The molecule has 0 aromatic heterocycles. The van der Waals surface area contributed by atoms with Gasteiger partial charge in [-0.2, -0.15) is 0 Å². The van der Waals surface area contributed by atoms with Crippen molar-refractivity contribution < 1.29 is 19.1 Å². The van der Waals surface area contributed by atoms with E-state index in [9.17, 15) is 14.4 Å². The predicted octanol–water partition coefficient (Wildman–Crippen LogP) is 3.89. The first kappa shape index (κ1) is 23.6. The molecule has 7 heteroatoms. The number of hydrogen-bond acceptors (Lipinski definition) is 5. The molecule has 0 atom stereocenters. The van der Waals surface area contributed by atoms with Crippen LogP contribution in [0.5, 0.6) is 5.75 Å². The van der Waals surface area contributed by atoms with Gasteiger partial charge in [0.2, 0.25) is 0 Å². The Balaban J connectivity index is 1.25. The molecule has 5 rings (SSSR count). The lowest BCUT2D eigenvalue weighted by Gasteiger charge is -2.24. The third-order valence-corrected chi connectivity index (χ3v) is 6.91. The second-order valence-electron chi connectivity index (χ2n) is 9.09. The third kappa shape index (κ3) is 4.69. The summed E-state index contributed by atoms with van der Waals surface area (Å²) in [6, 6.07) is 22.6. The van der Waals surface area contributed by atoms with Crippen molar-refractivity contribution in [2.75, 3.05) is 44.7 Å². The number of carbonyl (C=O) groups excluding carboxylic acids is 3. The van der Waals surface area contributed by atoms with E-state index in [1.54, 1.807) is 25.3 Å². The number of hydrogen-bond donors (Lipinski definition) is 0. The molecule has 0 spiro atoms. The molecule has 0 N–H and O–H groups in total. The molecule has 2 aliphatic heterocycles. The van der Waals surface area contributed by atoms with Crippen LogP contribution in [0.25, 0.3) is 0 Å². The maximum absolute atomic E-state index is 13.3. The van der Waals surface area contributed by atoms with Crippen LogP contribution in [0.3, 0.4) is 0 Å². The van der Waals surface area contributed by atoms with Gasteiger partial charge in [-0.15, -0.1) is 0 Å². The van der Waals surface area contributed by atoms with Crippen LogP contribution in [-0.4, -0.2) is 67.4 Å². The normalized spacial score (nSPS) is 15.6. The van der Waals surface area contributed by atoms with Gasteiger partial charge >= 0.3 is 0 Å². The summed E-state index contributed by atoms with van der Waals surface area (Å²) in [7, 11) is 1.65. The average molecular weight is 484 g/mol. The summed E-state index contributed by atoms with van der Waals surface area (Å²) in [6.07, 6.45) is 1.43. The van der Waals surface area contributed by atoms with Crippen LogP contribution in [0.1, 0.15) is 43.1 Å². The standard InChI is InChI=1S/C29H29N3O4/c1-36-24-11-9-23(10-12-24)30-15-5-16-31(19-18-30)27(33)22-8-13-25-26(20-22)29(35)32(28(25)34)17-14-21-6-3-2-4-7-21/h2-4,6-13,20H,5,14-19H2,1H3. The number of amides is 3. The molecule has 2 heterocycles. The van der Waals surface area contributed by atoms with Crippen LogP contribution in [0.4, 0.5) is 5.69 Å². The molecule has 0 saturated carbocycles. The van der Waals surface area contributed by atoms with Crippen LogP contribution in [0.2, 0.25) is 0 Å². The van der Waals surface area contributed by atoms with Gasteiger partial charge in [-0.05, 0) is 60.9 Å². The fourth-order valence-electron chi connectivity index (χ4n) is 4.87. The Labute approximate surface area is 210 Å². The summed E-state index contributed by atoms with van der Waals surface area (Å²) in [6.45, 7) is 3.10. The first-order valence-corrected chi connectivity index (χ1v) is 12.3. The molecule has 0 unspecified atom stereocenters. The van der Waals surface area contributed by atoms with Gasteiger partial charge in [0.15, 0.2) is 0 Å². The summed E-state index contributed by atoms with van der Waals surface area (Å²) < 4.78 is 5.25. The molecule has 3 amide bonds. The Bertz CT molecular complexity index is 1270. The maximum atomic E-state index is 13.3. The highest BCUT2D eigenvalue weighted by atomic mass is 16.5. The quantitative estimate of drug-likeness (QED) is 0.498. The van der Waals surface area contributed by atoms with Crippen molar-refractivity contribution in [1.29, 1.82) is 0 Å². The number of ether oxygens (including phenoxy) is 1. The van der Waals surface area contributed by atoms with E-state index in [4.69, 9.17) is 4.74 Å². The fraction of sp³-hybridized carbons (Fsp3) is 0.276. The highest BCUT2D eigenvalue weighted by molar-refractivity contribution is 6.22. The SMILES string of the molecule is COc1ccc(N2CCCN(C(=O)c3ccc4c(c3)C(=O)N(CCc3ccccc3)C4=O)CC2)cc1. The van der Waals surface area contributed by atoms with Crippen LogP contribution < -0.4 is 9.64 Å². The molecule has 7 nitrogen and oxygen atoms in total. The van der Waals surface area contributed by atoms with Crippen molar-refractivity contribution >= 4 is 23.4 Å². The molecule has 3 aromatic rings. The van der Waals surface area contributed by atoms with Gasteiger partial charge in [-0.25, -0.2) is 0 Å². The minimum Gasteiger partial charge on any atom is -0.497 e. The Morgan fingerprint density at radius 2 is 1.58 bits per heavy atom. The van der Waals surface area contributed by atoms with E-state index in [0.717, 1.165) is 30.0 Å². The summed E-state index contributed by atoms with van der Waals surface area (Å²) in [5.41, 5.74) is 3.29. The molecule has 184 valence electrons. The number of anilines is 1. The molecular formula is C29H29N3O4. The summed E-state index contributed by atoms with van der Waals surface area (Å²) in [5, 5.41) is 0. The van der Waals surface area contributed by atoms with Gasteiger partial charge < -0.3 is 14.5 Å². The van der Waals surface area contributed by atoms with Crippen LogP contribution in [0, 0.1) is 0 Å². The van der Waals surface area contributed by atoms with Crippen molar-refractivity contribution in [3.63, 3.8) is 0 Å². The van der Waals surface area contributed by atoms with Crippen molar-refractivity contribution in [3.8, 4) is 5.75 Å². The van der Waals surface area contributed by atoms with Crippen LogP contribution >= 0.6 is 0 Å².